The molecule has 2 rings (SSSR count). The molecule has 2 aromatic rings. The quantitative estimate of drug-likeness (QED) is 0.644. The summed E-state index contributed by atoms with van der Waals surface area (Å²) >= 11 is 1.34. The average Bonchev–Trinajstić information content (AvgIpc) is 2.96. The molecule has 2 heterocycles. The molecule has 7 nitrogen and oxygen atoms in total. The zero-order valence-electron chi connectivity index (χ0n) is 9.72. The summed E-state index contributed by atoms with van der Waals surface area (Å²) in [5, 5.41) is 11.6. The van der Waals surface area contributed by atoms with Crippen molar-refractivity contribution in [2.75, 3.05) is 12.3 Å². The molecule has 96 valence electrons. The number of aromatic nitrogens is 4. The maximum atomic E-state index is 11.6. The fourth-order valence-electron chi connectivity index (χ4n) is 1.47. The van der Waals surface area contributed by atoms with Crippen molar-refractivity contribution in [2.45, 2.75) is 19.3 Å². The number of carbonyl (C=O) groups is 1. The Labute approximate surface area is 108 Å². The Kier molecular flexibility index (Phi) is 4.24. The topological polar surface area (TPSA) is 110 Å². The van der Waals surface area contributed by atoms with Crippen LogP contribution < -0.4 is 11.1 Å². The van der Waals surface area contributed by atoms with Gasteiger partial charge in [0, 0.05) is 18.3 Å². The van der Waals surface area contributed by atoms with Crippen LogP contribution in [0.25, 0.3) is 0 Å². The van der Waals surface area contributed by atoms with E-state index in [-0.39, 0.29) is 12.3 Å². The highest BCUT2D eigenvalue weighted by molar-refractivity contribution is 7.13. The van der Waals surface area contributed by atoms with Crippen molar-refractivity contribution in [3.63, 3.8) is 0 Å². The highest BCUT2D eigenvalue weighted by Crippen LogP contribution is 2.11. The average molecular weight is 266 g/mol. The van der Waals surface area contributed by atoms with Crippen molar-refractivity contribution in [2.24, 2.45) is 0 Å². The van der Waals surface area contributed by atoms with E-state index in [0.29, 0.717) is 17.4 Å². The number of H-pyrrole nitrogens is 1. The number of carbonyl (C=O) groups excluding carboxylic acids is 1. The van der Waals surface area contributed by atoms with Gasteiger partial charge in [-0.1, -0.05) is 0 Å². The number of nitrogen functional groups attached to an aromatic ring is 1. The van der Waals surface area contributed by atoms with Gasteiger partial charge in [-0.15, -0.1) is 11.3 Å². The van der Waals surface area contributed by atoms with Crippen LogP contribution in [0.3, 0.4) is 0 Å². The third kappa shape index (κ3) is 3.81. The summed E-state index contributed by atoms with van der Waals surface area (Å²) < 4.78 is 0. The lowest BCUT2D eigenvalue weighted by molar-refractivity contribution is -0.120. The predicted molar refractivity (Wildman–Crippen MR) is 67.9 cm³/mol. The SMILES string of the molecule is Nc1nc(CC(=O)NCCCc2ncn[nH]2)cs1. The Balaban J connectivity index is 1.63. The highest BCUT2D eigenvalue weighted by atomic mass is 32.1. The van der Waals surface area contributed by atoms with E-state index in [0.717, 1.165) is 18.7 Å². The fourth-order valence-corrected chi connectivity index (χ4v) is 2.03. The zero-order chi connectivity index (χ0) is 12.8. The molecule has 0 radical (unpaired) electrons. The molecule has 0 aliphatic rings. The molecule has 0 aliphatic heterocycles. The number of hydrogen-bond acceptors (Lipinski definition) is 6. The van der Waals surface area contributed by atoms with Gasteiger partial charge in [0.25, 0.3) is 0 Å². The van der Waals surface area contributed by atoms with E-state index in [9.17, 15) is 4.79 Å². The molecule has 0 unspecified atom stereocenters. The van der Waals surface area contributed by atoms with Gasteiger partial charge >= 0.3 is 0 Å². The first kappa shape index (κ1) is 12.5. The molecular formula is C10H14N6OS. The summed E-state index contributed by atoms with van der Waals surface area (Å²) in [7, 11) is 0. The number of rotatable bonds is 6. The lowest BCUT2D eigenvalue weighted by atomic mass is 10.3. The number of hydrogen-bond donors (Lipinski definition) is 3. The van der Waals surface area contributed by atoms with Crippen LogP contribution in [0.4, 0.5) is 5.13 Å². The zero-order valence-corrected chi connectivity index (χ0v) is 10.5. The van der Waals surface area contributed by atoms with Gasteiger partial charge in [0.05, 0.1) is 12.1 Å². The minimum Gasteiger partial charge on any atom is -0.375 e. The normalized spacial score (nSPS) is 10.4. The van der Waals surface area contributed by atoms with Crippen molar-refractivity contribution in [3.8, 4) is 0 Å². The Morgan fingerprint density at radius 3 is 3.11 bits per heavy atom. The van der Waals surface area contributed by atoms with Gasteiger partial charge in [-0.3, -0.25) is 9.89 Å². The van der Waals surface area contributed by atoms with E-state index in [2.05, 4.69) is 25.5 Å². The second-order valence-corrected chi connectivity index (χ2v) is 4.63. The van der Waals surface area contributed by atoms with Crippen molar-refractivity contribution >= 4 is 22.4 Å². The maximum Gasteiger partial charge on any atom is 0.226 e. The van der Waals surface area contributed by atoms with Gasteiger partial charge in [-0.2, -0.15) is 5.10 Å². The van der Waals surface area contributed by atoms with Crippen molar-refractivity contribution in [1.29, 1.82) is 0 Å². The monoisotopic (exact) mass is 266 g/mol. The van der Waals surface area contributed by atoms with Crippen LogP contribution >= 0.6 is 11.3 Å². The Morgan fingerprint density at radius 2 is 2.44 bits per heavy atom. The molecule has 8 heteroatoms. The van der Waals surface area contributed by atoms with Crippen molar-refractivity contribution < 1.29 is 4.79 Å². The molecule has 0 aliphatic carbocycles. The summed E-state index contributed by atoms with van der Waals surface area (Å²) in [6.45, 7) is 0.610. The standard InChI is InChI=1S/C10H14N6OS/c11-10-15-7(5-18-10)4-9(17)12-3-1-2-8-13-6-14-16-8/h5-6H,1-4H2,(H2,11,15)(H,12,17)(H,13,14,16). The van der Waals surface area contributed by atoms with Gasteiger partial charge in [0.15, 0.2) is 5.13 Å². The summed E-state index contributed by atoms with van der Waals surface area (Å²) in [5.74, 6) is 0.786. The fraction of sp³-hybridized carbons (Fsp3) is 0.400. The minimum atomic E-state index is -0.0436. The second-order valence-electron chi connectivity index (χ2n) is 3.74. The smallest absolute Gasteiger partial charge is 0.226 e. The van der Waals surface area contributed by atoms with E-state index in [1.165, 1.54) is 17.7 Å². The first-order chi connectivity index (χ1) is 8.74. The van der Waals surface area contributed by atoms with Crippen LogP contribution in [0, 0.1) is 0 Å². The molecular weight excluding hydrogens is 252 g/mol. The molecule has 0 spiro atoms. The molecule has 1 amide bonds. The Bertz CT molecular complexity index is 494. The predicted octanol–water partition coefficient (Wildman–Crippen LogP) is 0.135. The van der Waals surface area contributed by atoms with Crippen molar-refractivity contribution in [1.82, 2.24) is 25.5 Å². The second kappa shape index (κ2) is 6.10. The van der Waals surface area contributed by atoms with Crippen LogP contribution in [-0.2, 0) is 17.6 Å². The van der Waals surface area contributed by atoms with Crippen LogP contribution in [0.2, 0.25) is 0 Å². The lowest BCUT2D eigenvalue weighted by Gasteiger charge is -2.02. The van der Waals surface area contributed by atoms with Crippen LogP contribution in [0.1, 0.15) is 17.9 Å². The van der Waals surface area contributed by atoms with Crippen molar-refractivity contribution in [3.05, 3.63) is 23.2 Å². The van der Waals surface area contributed by atoms with E-state index in [1.54, 1.807) is 5.38 Å². The molecule has 0 bridgehead atoms. The molecule has 0 saturated carbocycles. The third-order valence-corrected chi connectivity index (χ3v) is 3.01. The minimum absolute atomic E-state index is 0.0436. The van der Waals surface area contributed by atoms with Crippen LogP contribution in [-0.4, -0.2) is 32.6 Å². The van der Waals surface area contributed by atoms with E-state index in [1.807, 2.05) is 0 Å². The summed E-state index contributed by atoms with van der Waals surface area (Å²) in [5.41, 5.74) is 6.20. The number of nitrogens with zero attached hydrogens (tertiary/aromatic N) is 3. The highest BCUT2D eigenvalue weighted by Gasteiger charge is 2.06. The first-order valence-electron chi connectivity index (χ1n) is 5.55. The number of thiazole rings is 1. The summed E-state index contributed by atoms with van der Waals surface area (Å²) in [6.07, 6.45) is 3.33. The number of anilines is 1. The van der Waals surface area contributed by atoms with Gasteiger partial charge in [0.1, 0.15) is 12.2 Å². The summed E-state index contributed by atoms with van der Waals surface area (Å²) in [4.78, 5) is 19.6. The molecule has 0 aromatic carbocycles. The first-order valence-corrected chi connectivity index (χ1v) is 6.43. The molecule has 0 saturated heterocycles. The van der Waals surface area contributed by atoms with Gasteiger partial charge in [-0.25, -0.2) is 9.97 Å². The number of nitrogens with two attached hydrogens (primary N) is 1. The Hall–Kier alpha value is -1.96. The molecule has 0 atom stereocenters. The van der Waals surface area contributed by atoms with Crippen LogP contribution in [0.5, 0.6) is 0 Å². The summed E-state index contributed by atoms with van der Waals surface area (Å²) in [6, 6.07) is 0. The Morgan fingerprint density at radius 1 is 1.56 bits per heavy atom. The lowest BCUT2D eigenvalue weighted by Crippen LogP contribution is -2.26. The van der Waals surface area contributed by atoms with E-state index >= 15 is 0 Å². The van der Waals surface area contributed by atoms with Gasteiger partial charge < -0.3 is 11.1 Å². The van der Waals surface area contributed by atoms with Crippen LogP contribution in [0.15, 0.2) is 11.7 Å². The van der Waals surface area contributed by atoms with Gasteiger partial charge in [0.2, 0.25) is 5.91 Å². The molecule has 18 heavy (non-hydrogen) atoms. The third-order valence-electron chi connectivity index (χ3n) is 2.29. The maximum absolute atomic E-state index is 11.6. The number of nitrogens with one attached hydrogen (secondary N) is 2. The number of aryl methyl sites for hydroxylation is 1. The number of aromatic amines is 1. The molecule has 4 N–H and O–H groups in total. The number of amides is 1. The van der Waals surface area contributed by atoms with E-state index < -0.39 is 0 Å². The molecule has 2 aromatic heterocycles. The largest absolute Gasteiger partial charge is 0.375 e. The van der Waals surface area contributed by atoms with Gasteiger partial charge in [-0.05, 0) is 6.42 Å². The van der Waals surface area contributed by atoms with E-state index in [4.69, 9.17) is 5.73 Å². The molecule has 0 fully saturated rings.